The van der Waals surface area contributed by atoms with Gasteiger partial charge in [0.25, 0.3) is 5.91 Å². The molecular weight excluding hydrogens is 376 g/mol. The maximum Gasteiger partial charge on any atom is 0.270 e. The van der Waals surface area contributed by atoms with Crippen LogP contribution in [0.25, 0.3) is 0 Å². The number of carbonyl (C=O) groups is 1. The van der Waals surface area contributed by atoms with Crippen molar-refractivity contribution >= 4 is 44.9 Å². The van der Waals surface area contributed by atoms with E-state index in [4.69, 9.17) is 12.2 Å². The Kier molecular flexibility index (Phi) is 5.40. The Morgan fingerprint density at radius 1 is 1.05 bits per heavy atom. The topological polar surface area (TPSA) is 53.2 Å². The van der Waals surface area contributed by atoms with E-state index in [1.165, 1.54) is 0 Å². The van der Waals surface area contributed by atoms with Crippen LogP contribution in [0.15, 0.2) is 46.9 Å². The number of thiocarbonyl (C=S) groups is 1. The lowest BCUT2D eigenvalue weighted by molar-refractivity contribution is 0.0943. The normalized spacial score (nSPS) is 9.95. The second kappa shape index (κ2) is 7.28. The number of nitrogens with one attached hydrogen (secondary N) is 3. The number of hydrogen-bond acceptors (Lipinski definition) is 2. The van der Waals surface area contributed by atoms with Gasteiger partial charge in [-0.3, -0.25) is 15.6 Å². The number of anilines is 1. The van der Waals surface area contributed by atoms with Crippen molar-refractivity contribution in [3.63, 3.8) is 0 Å². The summed E-state index contributed by atoms with van der Waals surface area (Å²) in [5.41, 5.74) is 5.37. The van der Waals surface area contributed by atoms with Crippen LogP contribution in [0.3, 0.4) is 0 Å². The first-order valence-corrected chi connectivity index (χ1v) is 7.24. The summed E-state index contributed by atoms with van der Waals surface area (Å²) in [7, 11) is 0. The van der Waals surface area contributed by atoms with Gasteiger partial charge < -0.3 is 5.32 Å². The van der Waals surface area contributed by atoms with Gasteiger partial charge in [-0.2, -0.15) is 0 Å². The minimum absolute atomic E-state index is 0.00889. The predicted octanol–water partition coefficient (Wildman–Crippen LogP) is 3.36. The minimum atomic E-state index is -0.734. The van der Waals surface area contributed by atoms with Gasteiger partial charge in [0, 0.05) is 16.2 Å². The maximum atomic E-state index is 13.0. The summed E-state index contributed by atoms with van der Waals surface area (Å²) in [6.07, 6.45) is 0. The summed E-state index contributed by atoms with van der Waals surface area (Å²) in [6, 6.07) is 9.74. The van der Waals surface area contributed by atoms with E-state index in [0.717, 1.165) is 18.2 Å². The van der Waals surface area contributed by atoms with Crippen LogP contribution in [0, 0.1) is 11.6 Å². The van der Waals surface area contributed by atoms with Crippen LogP contribution in [0.4, 0.5) is 14.5 Å². The fourth-order valence-corrected chi connectivity index (χ4v) is 2.25. The van der Waals surface area contributed by atoms with E-state index < -0.39 is 17.5 Å². The lowest BCUT2D eigenvalue weighted by Gasteiger charge is -2.12. The molecule has 0 saturated heterocycles. The van der Waals surface area contributed by atoms with Crippen molar-refractivity contribution in [1.29, 1.82) is 0 Å². The number of carbonyl (C=O) groups excluding carboxylic acids is 1. The molecule has 0 aromatic heterocycles. The van der Waals surface area contributed by atoms with E-state index in [1.807, 2.05) is 0 Å². The van der Waals surface area contributed by atoms with Gasteiger partial charge in [0.05, 0.1) is 5.56 Å². The molecule has 2 aromatic rings. The van der Waals surface area contributed by atoms with Gasteiger partial charge in [-0.1, -0.05) is 12.1 Å². The van der Waals surface area contributed by atoms with Crippen molar-refractivity contribution in [2.45, 2.75) is 0 Å². The minimum Gasteiger partial charge on any atom is -0.331 e. The van der Waals surface area contributed by atoms with Gasteiger partial charge in [0.2, 0.25) is 0 Å². The Balaban J connectivity index is 1.93. The molecule has 0 saturated carbocycles. The van der Waals surface area contributed by atoms with Crippen LogP contribution < -0.4 is 16.2 Å². The van der Waals surface area contributed by atoms with Crippen LogP contribution in [0.5, 0.6) is 0 Å². The Morgan fingerprint density at radius 2 is 1.68 bits per heavy atom. The molecule has 8 heteroatoms. The van der Waals surface area contributed by atoms with Crippen molar-refractivity contribution in [1.82, 2.24) is 10.9 Å². The number of halogens is 3. The Hall–Kier alpha value is -2.06. The van der Waals surface area contributed by atoms with Gasteiger partial charge in [-0.05, 0) is 52.4 Å². The summed E-state index contributed by atoms with van der Waals surface area (Å²) in [4.78, 5) is 11.9. The Bertz CT molecular complexity index is 707. The highest BCUT2D eigenvalue weighted by atomic mass is 79.9. The first kappa shape index (κ1) is 16.3. The zero-order valence-electron chi connectivity index (χ0n) is 11.0. The van der Waals surface area contributed by atoms with Crippen molar-refractivity contribution in [2.24, 2.45) is 0 Å². The van der Waals surface area contributed by atoms with E-state index >= 15 is 0 Å². The largest absolute Gasteiger partial charge is 0.331 e. The molecule has 0 fully saturated rings. The van der Waals surface area contributed by atoms with Crippen LogP contribution in [0.2, 0.25) is 0 Å². The highest BCUT2D eigenvalue weighted by molar-refractivity contribution is 9.10. The molecule has 0 heterocycles. The molecule has 0 radical (unpaired) electrons. The van der Waals surface area contributed by atoms with Gasteiger partial charge in [-0.15, -0.1) is 0 Å². The number of hydrazine groups is 1. The summed E-state index contributed by atoms with van der Waals surface area (Å²) in [5.74, 6) is -1.88. The number of rotatable bonds is 2. The van der Waals surface area contributed by atoms with Crippen LogP contribution in [-0.2, 0) is 0 Å². The van der Waals surface area contributed by atoms with Gasteiger partial charge in [0.15, 0.2) is 5.11 Å². The first-order valence-electron chi connectivity index (χ1n) is 6.03. The second-order valence-corrected chi connectivity index (χ2v) is 5.43. The van der Waals surface area contributed by atoms with E-state index in [0.29, 0.717) is 10.0 Å². The lowest BCUT2D eigenvalue weighted by Crippen LogP contribution is -2.43. The molecule has 3 N–H and O–H groups in total. The zero-order chi connectivity index (χ0) is 16.1. The average molecular weight is 386 g/mol. The quantitative estimate of drug-likeness (QED) is 0.548. The molecule has 2 aromatic carbocycles. The Labute approximate surface area is 139 Å². The highest BCUT2D eigenvalue weighted by Gasteiger charge is 2.09. The molecule has 4 nitrogen and oxygen atoms in total. The molecule has 2 rings (SSSR count). The monoisotopic (exact) mass is 385 g/mol. The third kappa shape index (κ3) is 4.47. The molecular formula is C14H10BrF2N3OS. The summed E-state index contributed by atoms with van der Waals surface area (Å²) >= 11 is 8.18. The SMILES string of the molecule is O=C(NNC(=S)Nc1cc(F)cc(F)c1)c1ccccc1Br. The lowest BCUT2D eigenvalue weighted by atomic mass is 10.2. The van der Waals surface area contributed by atoms with Gasteiger partial charge in [-0.25, -0.2) is 8.78 Å². The summed E-state index contributed by atoms with van der Waals surface area (Å²) in [6.45, 7) is 0. The third-order valence-corrected chi connectivity index (χ3v) is 3.42. The fourth-order valence-electron chi connectivity index (χ4n) is 1.61. The Morgan fingerprint density at radius 3 is 2.32 bits per heavy atom. The molecule has 1 amide bonds. The molecule has 0 atom stereocenters. The third-order valence-electron chi connectivity index (χ3n) is 2.53. The molecule has 0 aliphatic heterocycles. The van der Waals surface area contributed by atoms with Crippen molar-refractivity contribution in [3.8, 4) is 0 Å². The fraction of sp³-hybridized carbons (Fsp3) is 0. The second-order valence-electron chi connectivity index (χ2n) is 4.17. The summed E-state index contributed by atoms with van der Waals surface area (Å²) < 4.78 is 26.7. The van der Waals surface area contributed by atoms with Crippen LogP contribution >= 0.6 is 28.1 Å². The van der Waals surface area contributed by atoms with Crippen LogP contribution in [-0.4, -0.2) is 11.0 Å². The van der Waals surface area contributed by atoms with E-state index in [9.17, 15) is 13.6 Å². The van der Waals surface area contributed by atoms with Crippen molar-refractivity contribution < 1.29 is 13.6 Å². The predicted molar refractivity (Wildman–Crippen MR) is 87.3 cm³/mol. The smallest absolute Gasteiger partial charge is 0.270 e. The highest BCUT2D eigenvalue weighted by Crippen LogP contribution is 2.15. The van der Waals surface area contributed by atoms with E-state index in [2.05, 4.69) is 32.1 Å². The molecule has 0 unspecified atom stereocenters. The van der Waals surface area contributed by atoms with Crippen LogP contribution in [0.1, 0.15) is 10.4 Å². The number of amides is 1. The van der Waals surface area contributed by atoms with Crippen molar-refractivity contribution in [2.75, 3.05) is 5.32 Å². The molecule has 0 aliphatic rings. The van der Waals surface area contributed by atoms with Gasteiger partial charge >= 0.3 is 0 Å². The van der Waals surface area contributed by atoms with E-state index in [1.54, 1.807) is 24.3 Å². The first-order chi connectivity index (χ1) is 10.5. The zero-order valence-corrected chi connectivity index (χ0v) is 13.4. The van der Waals surface area contributed by atoms with Crippen molar-refractivity contribution in [3.05, 3.63) is 64.1 Å². The standard InChI is InChI=1S/C14H10BrF2N3OS/c15-12-4-2-1-3-11(12)13(21)19-20-14(22)18-10-6-8(16)5-9(17)7-10/h1-7H,(H,19,21)(H2,18,20,22). The maximum absolute atomic E-state index is 13.0. The summed E-state index contributed by atoms with van der Waals surface area (Å²) in [5, 5.41) is 2.55. The molecule has 114 valence electrons. The molecule has 22 heavy (non-hydrogen) atoms. The van der Waals surface area contributed by atoms with Gasteiger partial charge in [0.1, 0.15) is 11.6 Å². The molecule has 0 aliphatic carbocycles. The van der Waals surface area contributed by atoms with E-state index in [-0.39, 0.29) is 10.8 Å². The number of hydrogen-bond donors (Lipinski definition) is 3. The molecule has 0 spiro atoms. The molecule has 0 bridgehead atoms. The number of benzene rings is 2. The average Bonchev–Trinajstić information content (AvgIpc) is 2.44.